The molecule has 0 atom stereocenters. The summed E-state index contributed by atoms with van der Waals surface area (Å²) in [6, 6.07) is 11.8. The fourth-order valence-electron chi connectivity index (χ4n) is 2.54. The number of ether oxygens (including phenoxy) is 1. The summed E-state index contributed by atoms with van der Waals surface area (Å²) < 4.78 is 7.76. The Morgan fingerprint density at radius 1 is 1.23 bits per heavy atom. The van der Waals surface area contributed by atoms with Crippen LogP contribution in [-0.4, -0.2) is 11.2 Å². The predicted octanol–water partition coefficient (Wildman–Crippen LogP) is 3.47. The minimum absolute atomic E-state index is 0.0985. The average Bonchev–Trinajstić information content (AvgIpc) is 3.32. The van der Waals surface area contributed by atoms with Crippen LogP contribution in [0.25, 0.3) is 11.3 Å². The number of anilines is 1. The molecular formula is C18H22N2O2. The van der Waals surface area contributed by atoms with Gasteiger partial charge in [-0.3, -0.25) is 4.79 Å². The van der Waals surface area contributed by atoms with E-state index in [4.69, 9.17) is 10.5 Å². The molecule has 22 heavy (non-hydrogen) atoms. The summed E-state index contributed by atoms with van der Waals surface area (Å²) in [7, 11) is 0. The van der Waals surface area contributed by atoms with E-state index in [1.165, 1.54) is 0 Å². The van der Waals surface area contributed by atoms with Crippen LogP contribution in [0.2, 0.25) is 0 Å². The second kappa shape index (κ2) is 5.87. The highest BCUT2D eigenvalue weighted by Gasteiger charge is 2.28. The highest BCUT2D eigenvalue weighted by Crippen LogP contribution is 2.39. The molecule has 4 heteroatoms. The number of hydrogen-bond donors (Lipinski definition) is 1. The van der Waals surface area contributed by atoms with E-state index in [0.717, 1.165) is 29.8 Å². The minimum Gasteiger partial charge on any atom is -0.493 e. The quantitative estimate of drug-likeness (QED) is 0.919. The molecule has 0 aliphatic heterocycles. The first-order valence-electron chi connectivity index (χ1n) is 7.81. The van der Waals surface area contributed by atoms with Crippen LogP contribution in [0.3, 0.4) is 0 Å². The number of nitrogen functional groups attached to an aromatic ring is 1. The molecule has 2 aromatic rings. The molecule has 2 N–H and O–H groups in total. The Kier molecular flexibility index (Phi) is 3.92. The number of pyridine rings is 1. The van der Waals surface area contributed by atoms with E-state index in [9.17, 15) is 4.79 Å². The van der Waals surface area contributed by atoms with Crippen LogP contribution in [0, 0.1) is 5.92 Å². The van der Waals surface area contributed by atoms with Gasteiger partial charge in [0.15, 0.2) is 0 Å². The van der Waals surface area contributed by atoms with Gasteiger partial charge in [-0.15, -0.1) is 0 Å². The van der Waals surface area contributed by atoms with Gasteiger partial charge in [0.1, 0.15) is 5.75 Å². The lowest BCUT2D eigenvalue weighted by Crippen LogP contribution is -2.23. The fraction of sp³-hybridized carbons (Fsp3) is 0.389. The predicted molar refractivity (Wildman–Crippen MR) is 89.2 cm³/mol. The van der Waals surface area contributed by atoms with E-state index in [-0.39, 0.29) is 11.6 Å². The van der Waals surface area contributed by atoms with E-state index < -0.39 is 0 Å². The molecule has 0 radical (unpaired) electrons. The van der Waals surface area contributed by atoms with E-state index in [2.05, 4.69) is 13.8 Å². The van der Waals surface area contributed by atoms with E-state index in [0.29, 0.717) is 18.2 Å². The van der Waals surface area contributed by atoms with Crippen LogP contribution in [0.4, 0.5) is 5.69 Å². The lowest BCUT2D eigenvalue weighted by molar-refractivity contribution is 0.272. The minimum atomic E-state index is -0.0985. The van der Waals surface area contributed by atoms with E-state index in [1.807, 2.05) is 34.9 Å². The van der Waals surface area contributed by atoms with Crippen molar-refractivity contribution in [3.8, 4) is 17.0 Å². The lowest BCUT2D eigenvalue weighted by atomic mass is 10.1. The standard InChI is InChI=1S/C18H22N2O2/c1-12(2)11-22-17-6-4-3-5-14(17)16-10-9-15(19)18(21)20(16)13-7-8-13/h3-6,9-10,12-13H,7-8,11,19H2,1-2H3. The normalized spacial score (nSPS) is 14.3. The first kappa shape index (κ1) is 14.7. The van der Waals surface area contributed by atoms with Gasteiger partial charge in [-0.2, -0.15) is 0 Å². The van der Waals surface area contributed by atoms with Crippen molar-refractivity contribution in [3.63, 3.8) is 0 Å². The molecule has 1 saturated carbocycles. The second-order valence-corrected chi connectivity index (χ2v) is 6.28. The molecule has 1 aliphatic carbocycles. The Hall–Kier alpha value is -2.23. The number of aromatic nitrogens is 1. The molecular weight excluding hydrogens is 276 g/mol. The number of nitrogens with zero attached hydrogens (tertiary/aromatic N) is 1. The molecule has 1 aromatic heterocycles. The van der Waals surface area contributed by atoms with Crippen molar-refractivity contribution in [1.82, 2.24) is 4.57 Å². The first-order valence-corrected chi connectivity index (χ1v) is 7.81. The Morgan fingerprint density at radius 3 is 2.64 bits per heavy atom. The van der Waals surface area contributed by atoms with Crippen molar-refractivity contribution in [1.29, 1.82) is 0 Å². The number of rotatable bonds is 5. The molecule has 1 heterocycles. The molecule has 0 unspecified atom stereocenters. The SMILES string of the molecule is CC(C)COc1ccccc1-c1ccc(N)c(=O)n1C1CC1. The summed E-state index contributed by atoms with van der Waals surface area (Å²) in [5.41, 5.74) is 7.85. The largest absolute Gasteiger partial charge is 0.493 e. The summed E-state index contributed by atoms with van der Waals surface area (Å²) in [5.74, 6) is 1.26. The second-order valence-electron chi connectivity index (χ2n) is 6.28. The average molecular weight is 298 g/mol. The molecule has 0 amide bonds. The third-order valence-electron chi connectivity index (χ3n) is 3.79. The molecule has 3 rings (SSSR count). The fourth-order valence-corrected chi connectivity index (χ4v) is 2.54. The Balaban J connectivity index is 2.08. The van der Waals surface area contributed by atoms with Gasteiger partial charge in [0.2, 0.25) is 0 Å². The summed E-state index contributed by atoms with van der Waals surface area (Å²) >= 11 is 0. The molecule has 4 nitrogen and oxygen atoms in total. The van der Waals surface area contributed by atoms with Crippen LogP contribution >= 0.6 is 0 Å². The molecule has 1 aliphatic rings. The lowest BCUT2D eigenvalue weighted by Gasteiger charge is -2.17. The van der Waals surface area contributed by atoms with Gasteiger partial charge >= 0.3 is 0 Å². The zero-order valence-electron chi connectivity index (χ0n) is 13.1. The van der Waals surface area contributed by atoms with E-state index >= 15 is 0 Å². The summed E-state index contributed by atoms with van der Waals surface area (Å²) in [4.78, 5) is 12.4. The smallest absolute Gasteiger partial charge is 0.274 e. The van der Waals surface area contributed by atoms with Crippen LogP contribution in [-0.2, 0) is 0 Å². The number of nitrogens with two attached hydrogens (primary N) is 1. The molecule has 116 valence electrons. The molecule has 0 saturated heterocycles. The summed E-state index contributed by atoms with van der Waals surface area (Å²) in [5, 5.41) is 0. The van der Waals surface area contributed by atoms with Crippen LogP contribution < -0.4 is 16.0 Å². The van der Waals surface area contributed by atoms with Crippen molar-refractivity contribution in [2.75, 3.05) is 12.3 Å². The summed E-state index contributed by atoms with van der Waals surface area (Å²) in [6.07, 6.45) is 2.07. The molecule has 1 fully saturated rings. The van der Waals surface area contributed by atoms with Crippen LogP contribution in [0.15, 0.2) is 41.2 Å². The van der Waals surface area contributed by atoms with Gasteiger partial charge in [-0.25, -0.2) is 0 Å². The van der Waals surface area contributed by atoms with Crippen molar-refractivity contribution in [2.24, 2.45) is 5.92 Å². The summed E-state index contributed by atoms with van der Waals surface area (Å²) in [6.45, 7) is 4.89. The van der Waals surface area contributed by atoms with Gasteiger partial charge in [0, 0.05) is 11.6 Å². The Bertz CT molecular complexity index is 730. The Morgan fingerprint density at radius 2 is 1.95 bits per heavy atom. The monoisotopic (exact) mass is 298 g/mol. The Labute approximate surface area is 130 Å². The first-order chi connectivity index (χ1) is 10.6. The third kappa shape index (κ3) is 2.86. The van der Waals surface area contributed by atoms with Crippen molar-refractivity contribution < 1.29 is 4.74 Å². The van der Waals surface area contributed by atoms with Gasteiger partial charge in [0.05, 0.1) is 18.0 Å². The van der Waals surface area contributed by atoms with Crippen LogP contribution in [0.1, 0.15) is 32.7 Å². The van der Waals surface area contributed by atoms with Crippen LogP contribution in [0.5, 0.6) is 5.75 Å². The number of benzene rings is 1. The third-order valence-corrected chi connectivity index (χ3v) is 3.79. The van der Waals surface area contributed by atoms with Crippen molar-refractivity contribution in [3.05, 3.63) is 46.8 Å². The maximum atomic E-state index is 12.4. The zero-order valence-corrected chi connectivity index (χ0v) is 13.1. The van der Waals surface area contributed by atoms with Crippen molar-refractivity contribution in [2.45, 2.75) is 32.7 Å². The molecule has 0 spiro atoms. The topological polar surface area (TPSA) is 57.2 Å². The van der Waals surface area contributed by atoms with Gasteiger partial charge in [-0.05, 0) is 43.0 Å². The van der Waals surface area contributed by atoms with Crippen molar-refractivity contribution >= 4 is 5.69 Å². The highest BCUT2D eigenvalue weighted by molar-refractivity contribution is 5.68. The number of hydrogen-bond acceptors (Lipinski definition) is 3. The number of para-hydroxylation sites is 1. The maximum Gasteiger partial charge on any atom is 0.274 e. The highest BCUT2D eigenvalue weighted by atomic mass is 16.5. The van der Waals surface area contributed by atoms with Gasteiger partial charge < -0.3 is 15.0 Å². The maximum absolute atomic E-state index is 12.4. The van der Waals surface area contributed by atoms with Gasteiger partial charge in [-0.1, -0.05) is 26.0 Å². The van der Waals surface area contributed by atoms with E-state index in [1.54, 1.807) is 6.07 Å². The van der Waals surface area contributed by atoms with Gasteiger partial charge in [0.25, 0.3) is 5.56 Å². The molecule has 0 bridgehead atoms. The zero-order chi connectivity index (χ0) is 15.7. The molecule has 1 aromatic carbocycles.